The van der Waals surface area contributed by atoms with E-state index in [0.29, 0.717) is 6.42 Å². The van der Waals surface area contributed by atoms with Crippen molar-refractivity contribution in [2.45, 2.75) is 34.1 Å². The number of hydrogen-bond donors (Lipinski definition) is 0. The van der Waals surface area contributed by atoms with Gasteiger partial charge in [0, 0.05) is 10.8 Å². The van der Waals surface area contributed by atoms with Crippen LogP contribution in [0.3, 0.4) is 0 Å². The first-order valence-electron chi connectivity index (χ1n) is 4.54. The summed E-state index contributed by atoms with van der Waals surface area (Å²) in [5.74, 6) is -0.742. The van der Waals surface area contributed by atoms with Gasteiger partial charge in [0.05, 0.1) is 0 Å². The second kappa shape index (κ2) is 2.85. The third-order valence-corrected chi connectivity index (χ3v) is 2.64. The smallest absolute Gasteiger partial charge is 0.360 e. The molecule has 4 heteroatoms. The predicted molar refractivity (Wildman–Crippen MR) is 50.8 cm³/mol. The number of Topliss-reactive ketones (excluding diaryl/α,β-unsaturated/α-hetero) is 2. The van der Waals surface area contributed by atoms with Gasteiger partial charge in [-0.15, -0.1) is 0 Å². The molecule has 0 saturated heterocycles. The Bertz CT molecular complexity index is 332. The average Bonchev–Trinajstić information content (AvgIpc) is 2.01. The van der Waals surface area contributed by atoms with Gasteiger partial charge in [-0.2, -0.15) is 4.79 Å². The first kappa shape index (κ1) is 10.8. The molecule has 1 saturated carbocycles. The van der Waals surface area contributed by atoms with Crippen LogP contribution in [0.25, 0.3) is 5.53 Å². The van der Waals surface area contributed by atoms with Crippen molar-refractivity contribution in [2.75, 3.05) is 0 Å². The van der Waals surface area contributed by atoms with Gasteiger partial charge in [0.25, 0.3) is 11.6 Å². The van der Waals surface area contributed by atoms with Crippen LogP contribution in [0.1, 0.15) is 34.1 Å². The van der Waals surface area contributed by atoms with Gasteiger partial charge in [-0.3, -0.25) is 9.59 Å². The molecule has 0 aromatic rings. The Kier molecular flexibility index (Phi) is 2.20. The zero-order chi connectivity index (χ0) is 11.1. The molecule has 1 rings (SSSR count). The van der Waals surface area contributed by atoms with Gasteiger partial charge in [-0.1, -0.05) is 27.7 Å². The molecular weight excluding hydrogens is 180 g/mol. The Hall–Kier alpha value is -1.28. The van der Waals surface area contributed by atoms with E-state index in [1.807, 2.05) is 0 Å². The van der Waals surface area contributed by atoms with Crippen molar-refractivity contribution in [1.82, 2.24) is 0 Å². The highest BCUT2D eigenvalue weighted by Crippen LogP contribution is 2.39. The van der Waals surface area contributed by atoms with Crippen molar-refractivity contribution in [2.24, 2.45) is 10.8 Å². The standard InChI is InChI=1S/C10H14N2O2/c1-9(2)5-10(3,4)8(14)6(12-11)7(9)13/h5H2,1-4H3. The second-order valence-corrected chi connectivity index (χ2v) is 5.05. The third kappa shape index (κ3) is 1.42. The summed E-state index contributed by atoms with van der Waals surface area (Å²) in [7, 11) is 0. The number of nitrogens with zero attached hydrogens (tertiary/aromatic N) is 2. The van der Waals surface area contributed by atoms with Crippen molar-refractivity contribution in [3.63, 3.8) is 0 Å². The Balaban J connectivity index is 3.30. The van der Waals surface area contributed by atoms with E-state index in [1.54, 1.807) is 27.7 Å². The molecule has 76 valence electrons. The third-order valence-electron chi connectivity index (χ3n) is 2.64. The van der Waals surface area contributed by atoms with Crippen LogP contribution in [0.5, 0.6) is 0 Å². The maximum absolute atomic E-state index is 11.7. The van der Waals surface area contributed by atoms with E-state index in [-0.39, 0.29) is 17.3 Å². The molecule has 1 aliphatic carbocycles. The number of carbonyl (C=O) groups is 2. The maximum atomic E-state index is 11.7. The van der Waals surface area contributed by atoms with Crippen LogP contribution in [-0.2, 0) is 9.59 Å². The van der Waals surface area contributed by atoms with Gasteiger partial charge in [-0.25, -0.2) is 0 Å². The van der Waals surface area contributed by atoms with Crippen molar-refractivity contribution in [3.05, 3.63) is 5.53 Å². The normalized spacial score (nSPS) is 24.7. The molecule has 0 amide bonds. The number of carbonyl (C=O) groups excluding carboxylic acids is 2. The van der Waals surface area contributed by atoms with Gasteiger partial charge < -0.3 is 5.53 Å². The Morgan fingerprint density at radius 2 is 1.43 bits per heavy atom. The molecule has 4 nitrogen and oxygen atoms in total. The SMILES string of the molecule is CC1(C)CC(C)(C)C(=O)C(=[N+]=[N-])C1=O. The van der Waals surface area contributed by atoms with Crippen LogP contribution in [0.15, 0.2) is 0 Å². The molecular formula is C10H14N2O2. The Labute approximate surface area is 82.9 Å². The first-order valence-corrected chi connectivity index (χ1v) is 4.54. The summed E-state index contributed by atoms with van der Waals surface area (Å²) in [6.45, 7) is 7.03. The summed E-state index contributed by atoms with van der Waals surface area (Å²) in [4.78, 5) is 26.1. The maximum Gasteiger partial charge on any atom is 0.401 e. The lowest BCUT2D eigenvalue weighted by atomic mass is 9.63. The van der Waals surface area contributed by atoms with Gasteiger partial charge in [0.2, 0.25) is 0 Å². The summed E-state index contributed by atoms with van der Waals surface area (Å²) in [5, 5.41) is 0. The van der Waals surface area contributed by atoms with E-state index in [0.717, 1.165) is 0 Å². The number of hydrogen-bond acceptors (Lipinski definition) is 2. The topological polar surface area (TPSA) is 70.5 Å². The molecule has 0 heterocycles. The van der Waals surface area contributed by atoms with E-state index in [4.69, 9.17) is 5.53 Å². The lowest BCUT2D eigenvalue weighted by Crippen LogP contribution is -2.50. The van der Waals surface area contributed by atoms with Crippen LogP contribution in [-0.4, -0.2) is 22.1 Å². The minimum absolute atomic E-state index is 0.314. The molecule has 1 aliphatic rings. The molecule has 0 aromatic heterocycles. The van der Waals surface area contributed by atoms with Gasteiger partial charge in [0.1, 0.15) is 0 Å². The quantitative estimate of drug-likeness (QED) is 0.430. The average molecular weight is 194 g/mol. The van der Waals surface area contributed by atoms with E-state index in [9.17, 15) is 9.59 Å². The zero-order valence-electron chi connectivity index (χ0n) is 8.92. The molecule has 0 bridgehead atoms. The van der Waals surface area contributed by atoms with Crippen LogP contribution in [0.2, 0.25) is 0 Å². The van der Waals surface area contributed by atoms with Crippen LogP contribution < -0.4 is 0 Å². The van der Waals surface area contributed by atoms with Crippen molar-refractivity contribution in [1.29, 1.82) is 0 Å². The van der Waals surface area contributed by atoms with Crippen LogP contribution in [0.4, 0.5) is 0 Å². The molecule has 1 fully saturated rings. The number of ketones is 2. The summed E-state index contributed by atoms with van der Waals surface area (Å²) < 4.78 is 0. The van der Waals surface area contributed by atoms with Crippen LogP contribution in [0, 0.1) is 10.8 Å². The largest absolute Gasteiger partial charge is 0.401 e. The van der Waals surface area contributed by atoms with Crippen molar-refractivity contribution in [3.8, 4) is 0 Å². The van der Waals surface area contributed by atoms with Crippen molar-refractivity contribution >= 4 is 17.3 Å². The molecule has 0 unspecified atom stereocenters. The Morgan fingerprint density at radius 1 is 1.07 bits per heavy atom. The van der Waals surface area contributed by atoms with E-state index in [1.165, 1.54) is 0 Å². The highest BCUT2D eigenvalue weighted by atomic mass is 16.2. The van der Waals surface area contributed by atoms with Crippen LogP contribution >= 0.6 is 0 Å². The van der Waals surface area contributed by atoms with Gasteiger partial charge in [-0.05, 0) is 6.42 Å². The highest BCUT2D eigenvalue weighted by Gasteiger charge is 2.54. The highest BCUT2D eigenvalue weighted by molar-refractivity contribution is 6.66. The summed E-state index contributed by atoms with van der Waals surface area (Å²) >= 11 is 0. The first-order chi connectivity index (χ1) is 6.22. The fraction of sp³-hybridized carbons (Fsp3) is 0.700. The zero-order valence-corrected chi connectivity index (χ0v) is 8.92. The minimum atomic E-state index is -0.626. The molecule has 0 spiro atoms. The molecule has 14 heavy (non-hydrogen) atoms. The summed E-state index contributed by atoms with van der Waals surface area (Å²) in [6.07, 6.45) is 0.483. The van der Waals surface area contributed by atoms with E-state index in [2.05, 4.69) is 4.79 Å². The lowest BCUT2D eigenvalue weighted by Gasteiger charge is -2.34. The molecule has 0 aliphatic heterocycles. The predicted octanol–water partition coefficient (Wildman–Crippen LogP) is 1.25. The summed E-state index contributed by atoms with van der Waals surface area (Å²) in [6, 6.07) is 0. The molecule has 0 atom stereocenters. The fourth-order valence-electron chi connectivity index (χ4n) is 2.10. The number of rotatable bonds is 0. The summed E-state index contributed by atoms with van der Waals surface area (Å²) in [5.41, 5.74) is 7.08. The van der Waals surface area contributed by atoms with Crippen molar-refractivity contribution < 1.29 is 14.4 Å². The lowest BCUT2D eigenvalue weighted by molar-refractivity contribution is -0.139. The fourth-order valence-corrected chi connectivity index (χ4v) is 2.10. The molecule has 0 radical (unpaired) electrons. The molecule has 0 aromatic carbocycles. The molecule has 0 N–H and O–H groups in total. The van der Waals surface area contributed by atoms with E-state index >= 15 is 0 Å². The second-order valence-electron chi connectivity index (χ2n) is 5.05. The monoisotopic (exact) mass is 194 g/mol. The van der Waals surface area contributed by atoms with Gasteiger partial charge in [0.15, 0.2) is 0 Å². The minimum Gasteiger partial charge on any atom is -0.360 e. The van der Waals surface area contributed by atoms with E-state index < -0.39 is 10.8 Å². The Morgan fingerprint density at radius 3 is 1.71 bits per heavy atom. The van der Waals surface area contributed by atoms with Gasteiger partial charge >= 0.3 is 5.71 Å².